The second-order valence-corrected chi connectivity index (χ2v) is 6.76. The molecule has 78 valence electrons. The van der Waals surface area contributed by atoms with E-state index in [1.807, 2.05) is 0 Å². The maximum atomic E-state index is 2.51. The molecule has 1 heterocycles. The lowest BCUT2D eigenvalue weighted by molar-refractivity contribution is 0.949. The Hall–Kier alpha value is -0.690. The molecule has 1 fully saturated rings. The third-order valence-electron chi connectivity index (χ3n) is 3.46. The second kappa shape index (κ2) is 3.71. The molecule has 3 rings (SSSR count). The van der Waals surface area contributed by atoms with Crippen LogP contribution in [-0.4, -0.2) is 11.5 Å². The zero-order valence-electron chi connectivity index (χ0n) is 9.20. The molecule has 0 bridgehead atoms. The molecule has 15 heavy (non-hydrogen) atoms. The number of rotatable bonds is 1. The van der Waals surface area contributed by atoms with Crippen molar-refractivity contribution in [2.45, 2.75) is 25.7 Å². The second-order valence-electron chi connectivity index (χ2n) is 4.51. The topological polar surface area (TPSA) is 0 Å². The number of hydrogen-bond acceptors (Lipinski definition) is 0. The molecule has 1 atom stereocenters. The summed E-state index contributed by atoms with van der Waals surface area (Å²) in [5, 5.41) is 0. The standard InChI is InChI=1S/C14H17S/c1-11-10-14(15-8-4-5-9-15)13-7-3-2-6-12(11)13/h2-3,6-7,10-11H,4-5,8-9H2,1H3/q+1. The number of hydrogen-bond donors (Lipinski definition) is 0. The average Bonchev–Trinajstić information content (AvgIpc) is 2.87. The maximum absolute atomic E-state index is 2.51. The third kappa shape index (κ3) is 1.53. The minimum absolute atomic E-state index is 0.576. The molecular formula is C14H17S+. The van der Waals surface area contributed by atoms with Crippen molar-refractivity contribution in [3.05, 3.63) is 41.5 Å². The fourth-order valence-electron chi connectivity index (χ4n) is 2.65. The van der Waals surface area contributed by atoms with E-state index in [0.717, 1.165) is 0 Å². The van der Waals surface area contributed by atoms with Crippen molar-refractivity contribution in [1.82, 2.24) is 0 Å². The summed E-state index contributed by atoms with van der Waals surface area (Å²) in [7, 11) is 0.576. The Balaban J connectivity index is 2.00. The minimum atomic E-state index is 0.576. The predicted octanol–water partition coefficient (Wildman–Crippen LogP) is 3.56. The quantitative estimate of drug-likeness (QED) is 0.631. The molecule has 1 aromatic rings. The zero-order valence-corrected chi connectivity index (χ0v) is 10.0. The van der Waals surface area contributed by atoms with Crippen LogP contribution in [-0.2, 0) is 10.9 Å². The van der Waals surface area contributed by atoms with E-state index < -0.39 is 0 Å². The molecule has 0 amide bonds. The molecule has 0 spiro atoms. The van der Waals surface area contributed by atoms with Gasteiger partial charge in [0.1, 0.15) is 11.5 Å². The van der Waals surface area contributed by atoms with Gasteiger partial charge >= 0.3 is 0 Å². The fourth-order valence-corrected chi connectivity index (χ4v) is 5.29. The van der Waals surface area contributed by atoms with Crippen molar-refractivity contribution >= 4 is 15.8 Å². The monoisotopic (exact) mass is 217 g/mol. The van der Waals surface area contributed by atoms with Gasteiger partial charge in [0.2, 0.25) is 0 Å². The van der Waals surface area contributed by atoms with E-state index in [1.165, 1.54) is 24.3 Å². The first-order valence-electron chi connectivity index (χ1n) is 5.85. The first-order valence-corrected chi connectivity index (χ1v) is 7.41. The van der Waals surface area contributed by atoms with Crippen LogP contribution in [0.3, 0.4) is 0 Å². The number of benzene rings is 1. The SMILES string of the molecule is CC1C=C([S+]2CCCC2)c2ccccc21. The minimum Gasteiger partial charge on any atom is -0.0619 e. The van der Waals surface area contributed by atoms with Crippen LogP contribution in [0.25, 0.3) is 4.91 Å². The van der Waals surface area contributed by atoms with Gasteiger partial charge in [-0.15, -0.1) is 0 Å². The average molecular weight is 217 g/mol. The fraction of sp³-hybridized carbons (Fsp3) is 0.429. The van der Waals surface area contributed by atoms with Gasteiger partial charge in [-0.1, -0.05) is 25.1 Å². The normalized spacial score (nSPS) is 25.4. The molecule has 1 aliphatic heterocycles. The number of fused-ring (bicyclic) bond motifs is 1. The van der Waals surface area contributed by atoms with Crippen molar-refractivity contribution in [2.75, 3.05) is 11.5 Å². The highest BCUT2D eigenvalue weighted by Crippen LogP contribution is 2.41. The lowest BCUT2D eigenvalue weighted by atomic mass is 10.0. The van der Waals surface area contributed by atoms with Crippen LogP contribution < -0.4 is 0 Å². The zero-order chi connectivity index (χ0) is 10.3. The van der Waals surface area contributed by atoms with Crippen molar-refractivity contribution in [3.63, 3.8) is 0 Å². The summed E-state index contributed by atoms with van der Waals surface area (Å²) >= 11 is 0. The molecule has 1 unspecified atom stereocenters. The molecule has 1 aromatic carbocycles. The molecule has 0 radical (unpaired) electrons. The lowest BCUT2D eigenvalue weighted by Gasteiger charge is -2.04. The Morgan fingerprint density at radius 1 is 1.13 bits per heavy atom. The van der Waals surface area contributed by atoms with Crippen LogP contribution >= 0.6 is 0 Å². The summed E-state index contributed by atoms with van der Waals surface area (Å²) in [6.07, 6.45) is 5.40. The Bertz CT molecular complexity index is 400. The van der Waals surface area contributed by atoms with E-state index >= 15 is 0 Å². The molecule has 1 saturated heterocycles. The van der Waals surface area contributed by atoms with E-state index in [0.29, 0.717) is 16.8 Å². The van der Waals surface area contributed by atoms with Crippen LogP contribution in [0.1, 0.15) is 36.8 Å². The smallest absolute Gasteiger partial charge is 0.0619 e. The van der Waals surface area contributed by atoms with Gasteiger partial charge in [0, 0.05) is 22.4 Å². The largest absolute Gasteiger partial charge is 0.159 e. The van der Waals surface area contributed by atoms with Crippen LogP contribution in [0.4, 0.5) is 0 Å². The van der Waals surface area contributed by atoms with Gasteiger partial charge < -0.3 is 0 Å². The molecule has 2 aliphatic rings. The highest BCUT2D eigenvalue weighted by Gasteiger charge is 2.35. The van der Waals surface area contributed by atoms with Crippen molar-refractivity contribution in [3.8, 4) is 0 Å². The van der Waals surface area contributed by atoms with Gasteiger partial charge in [0.15, 0.2) is 4.91 Å². The van der Waals surface area contributed by atoms with Gasteiger partial charge in [-0.05, 0) is 30.5 Å². The maximum Gasteiger partial charge on any atom is 0.159 e. The van der Waals surface area contributed by atoms with Gasteiger partial charge in [-0.3, -0.25) is 0 Å². The van der Waals surface area contributed by atoms with E-state index in [2.05, 4.69) is 37.3 Å². The first kappa shape index (κ1) is 9.53. The summed E-state index contributed by atoms with van der Waals surface area (Å²) in [6, 6.07) is 8.97. The van der Waals surface area contributed by atoms with Crippen molar-refractivity contribution in [1.29, 1.82) is 0 Å². The van der Waals surface area contributed by atoms with Crippen LogP contribution in [0.15, 0.2) is 30.3 Å². The molecule has 0 aromatic heterocycles. The molecule has 0 nitrogen and oxygen atoms in total. The Kier molecular flexibility index (Phi) is 2.36. The van der Waals surface area contributed by atoms with Gasteiger partial charge in [-0.2, -0.15) is 0 Å². The third-order valence-corrected chi connectivity index (χ3v) is 6.00. The summed E-state index contributed by atoms with van der Waals surface area (Å²) in [4.78, 5) is 1.68. The van der Waals surface area contributed by atoms with Gasteiger partial charge in [0.05, 0.1) is 0 Å². The molecular weight excluding hydrogens is 200 g/mol. The first-order chi connectivity index (χ1) is 7.36. The summed E-state index contributed by atoms with van der Waals surface area (Å²) in [6.45, 7) is 2.32. The van der Waals surface area contributed by atoms with Crippen molar-refractivity contribution < 1.29 is 0 Å². The van der Waals surface area contributed by atoms with E-state index in [4.69, 9.17) is 0 Å². The predicted molar refractivity (Wildman–Crippen MR) is 69.2 cm³/mol. The van der Waals surface area contributed by atoms with Gasteiger partial charge in [0.25, 0.3) is 0 Å². The van der Waals surface area contributed by atoms with E-state index in [1.54, 1.807) is 16.0 Å². The van der Waals surface area contributed by atoms with Crippen LogP contribution in [0, 0.1) is 0 Å². The molecule has 1 heteroatoms. The summed E-state index contributed by atoms with van der Waals surface area (Å²) in [5.74, 6) is 3.52. The van der Waals surface area contributed by atoms with E-state index in [-0.39, 0.29) is 0 Å². The Labute approximate surface area is 94.7 Å². The highest BCUT2D eigenvalue weighted by atomic mass is 32.2. The summed E-state index contributed by atoms with van der Waals surface area (Å²) in [5.41, 5.74) is 3.10. The molecule has 0 saturated carbocycles. The number of allylic oxidation sites excluding steroid dienone is 1. The highest BCUT2D eigenvalue weighted by molar-refractivity contribution is 8.05. The van der Waals surface area contributed by atoms with Crippen LogP contribution in [0.2, 0.25) is 0 Å². The Morgan fingerprint density at radius 2 is 1.87 bits per heavy atom. The van der Waals surface area contributed by atoms with Crippen LogP contribution in [0.5, 0.6) is 0 Å². The Morgan fingerprint density at radius 3 is 2.67 bits per heavy atom. The molecule has 1 aliphatic carbocycles. The lowest BCUT2D eigenvalue weighted by Crippen LogP contribution is -2.04. The summed E-state index contributed by atoms with van der Waals surface area (Å²) < 4.78 is 0. The van der Waals surface area contributed by atoms with Gasteiger partial charge in [-0.25, -0.2) is 0 Å². The van der Waals surface area contributed by atoms with E-state index in [9.17, 15) is 0 Å². The molecule has 0 N–H and O–H groups in total. The van der Waals surface area contributed by atoms with Crippen molar-refractivity contribution in [2.24, 2.45) is 0 Å².